The second-order valence-electron chi connectivity index (χ2n) is 5.69. The lowest BCUT2D eigenvalue weighted by molar-refractivity contribution is 0.0675. The molecule has 0 saturated heterocycles. The topological polar surface area (TPSA) is 58.4 Å². The molecule has 1 aromatic rings. The Morgan fingerprint density at radius 3 is 2.55 bits per heavy atom. The molecule has 20 heavy (non-hydrogen) atoms. The molecule has 0 aliphatic heterocycles. The lowest BCUT2D eigenvalue weighted by Gasteiger charge is -2.34. The predicted molar refractivity (Wildman–Crippen MR) is 82.4 cm³/mol. The van der Waals surface area contributed by atoms with Gasteiger partial charge in [0.25, 0.3) is 5.91 Å². The highest BCUT2D eigenvalue weighted by Gasteiger charge is 2.27. The first-order valence-electron chi connectivity index (χ1n) is 7.50. The van der Waals surface area contributed by atoms with Gasteiger partial charge in [-0.05, 0) is 43.7 Å². The Morgan fingerprint density at radius 1 is 1.30 bits per heavy atom. The number of hydrogen-bond acceptors (Lipinski definition) is 3. The second-order valence-corrected chi connectivity index (χ2v) is 5.69. The number of amides is 1. The molecular weight excluding hydrogens is 250 g/mol. The molecular formula is C16H25N3O. The summed E-state index contributed by atoms with van der Waals surface area (Å²) < 4.78 is 0. The molecule has 1 fully saturated rings. The number of nitrogens with zero attached hydrogens (tertiary/aromatic N) is 1. The summed E-state index contributed by atoms with van der Waals surface area (Å²) in [5, 5.41) is 0. The Labute approximate surface area is 121 Å². The van der Waals surface area contributed by atoms with E-state index in [1.165, 1.54) is 19.3 Å². The Kier molecular flexibility index (Phi) is 5.01. The van der Waals surface area contributed by atoms with E-state index in [4.69, 9.17) is 5.84 Å². The van der Waals surface area contributed by atoms with Crippen molar-refractivity contribution in [3.05, 3.63) is 29.8 Å². The fraction of sp³-hybridized carbons (Fsp3) is 0.562. The smallest absolute Gasteiger partial charge is 0.255 e. The fourth-order valence-corrected chi connectivity index (χ4v) is 3.09. The van der Waals surface area contributed by atoms with Crippen LogP contribution in [-0.2, 0) is 0 Å². The lowest BCUT2D eigenvalue weighted by Crippen LogP contribution is -2.39. The average molecular weight is 275 g/mol. The molecule has 1 saturated carbocycles. The maximum Gasteiger partial charge on any atom is 0.255 e. The molecule has 1 aliphatic rings. The number of para-hydroxylation sites is 1. The first-order chi connectivity index (χ1) is 9.67. The van der Waals surface area contributed by atoms with E-state index in [0.717, 1.165) is 18.8 Å². The van der Waals surface area contributed by atoms with Crippen LogP contribution in [-0.4, -0.2) is 23.9 Å². The van der Waals surface area contributed by atoms with Crippen molar-refractivity contribution in [3.63, 3.8) is 0 Å². The number of benzene rings is 1. The third kappa shape index (κ3) is 3.12. The zero-order chi connectivity index (χ0) is 14.5. The molecule has 1 amide bonds. The number of nitrogens with two attached hydrogens (primary N) is 1. The molecule has 4 heteroatoms. The third-order valence-corrected chi connectivity index (χ3v) is 4.57. The van der Waals surface area contributed by atoms with E-state index in [9.17, 15) is 4.79 Å². The van der Waals surface area contributed by atoms with E-state index in [1.807, 2.05) is 36.2 Å². The normalized spacial score (nSPS) is 22.4. The van der Waals surface area contributed by atoms with E-state index in [1.54, 1.807) is 0 Å². The number of hydrazine groups is 1. The van der Waals surface area contributed by atoms with Gasteiger partial charge in [0.15, 0.2) is 0 Å². The highest BCUT2D eigenvalue weighted by atomic mass is 16.2. The van der Waals surface area contributed by atoms with Gasteiger partial charge in [0.05, 0.1) is 11.3 Å². The van der Waals surface area contributed by atoms with Crippen molar-refractivity contribution in [3.8, 4) is 0 Å². The van der Waals surface area contributed by atoms with Crippen LogP contribution in [0.2, 0.25) is 0 Å². The molecule has 110 valence electrons. The summed E-state index contributed by atoms with van der Waals surface area (Å²) >= 11 is 0. The van der Waals surface area contributed by atoms with Gasteiger partial charge in [-0.25, -0.2) is 0 Å². The molecule has 0 aromatic heterocycles. The average Bonchev–Trinajstić information content (AvgIpc) is 2.53. The van der Waals surface area contributed by atoms with Crippen LogP contribution in [0.15, 0.2) is 24.3 Å². The monoisotopic (exact) mass is 275 g/mol. The van der Waals surface area contributed by atoms with Crippen LogP contribution in [0.3, 0.4) is 0 Å². The zero-order valence-electron chi connectivity index (χ0n) is 12.4. The Bertz CT molecular complexity index is 453. The van der Waals surface area contributed by atoms with Gasteiger partial charge in [0.2, 0.25) is 0 Å². The Morgan fingerprint density at radius 2 is 1.95 bits per heavy atom. The van der Waals surface area contributed by atoms with Gasteiger partial charge in [0.1, 0.15) is 0 Å². The molecule has 2 rings (SSSR count). The first kappa shape index (κ1) is 14.9. The molecule has 0 heterocycles. The molecule has 0 radical (unpaired) electrons. The predicted octanol–water partition coefficient (Wildman–Crippen LogP) is 3.01. The van der Waals surface area contributed by atoms with Crippen molar-refractivity contribution in [2.75, 3.05) is 12.5 Å². The van der Waals surface area contributed by atoms with Crippen molar-refractivity contribution < 1.29 is 4.79 Å². The summed E-state index contributed by atoms with van der Waals surface area (Å²) in [6.07, 6.45) is 5.94. The number of nitrogen functional groups attached to an aromatic ring is 1. The zero-order valence-corrected chi connectivity index (χ0v) is 12.4. The number of rotatable bonds is 4. The van der Waals surface area contributed by atoms with Crippen LogP contribution >= 0.6 is 0 Å². The van der Waals surface area contributed by atoms with Gasteiger partial charge < -0.3 is 10.3 Å². The minimum Gasteiger partial charge on any atom is -0.339 e. The summed E-state index contributed by atoms with van der Waals surface area (Å²) in [7, 11) is 1.91. The van der Waals surface area contributed by atoms with E-state index in [0.29, 0.717) is 17.3 Å². The maximum atomic E-state index is 12.6. The molecule has 1 aliphatic carbocycles. The Balaban J connectivity index is 2.05. The summed E-state index contributed by atoms with van der Waals surface area (Å²) in [6.45, 7) is 2.25. The van der Waals surface area contributed by atoms with Crippen LogP contribution in [0.4, 0.5) is 5.69 Å². The van der Waals surface area contributed by atoms with Crippen molar-refractivity contribution in [1.82, 2.24) is 4.90 Å². The van der Waals surface area contributed by atoms with Gasteiger partial charge >= 0.3 is 0 Å². The van der Waals surface area contributed by atoms with Crippen LogP contribution in [0.25, 0.3) is 0 Å². The number of carbonyl (C=O) groups is 1. The SMILES string of the molecule is CCC1CCC(N(C)C(=O)c2ccccc2NN)CC1. The molecule has 0 unspecified atom stereocenters. The van der Waals surface area contributed by atoms with E-state index in [2.05, 4.69) is 12.3 Å². The lowest BCUT2D eigenvalue weighted by atomic mass is 9.84. The molecule has 0 spiro atoms. The second kappa shape index (κ2) is 6.75. The van der Waals surface area contributed by atoms with E-state index < -0.39 is 0 Å². The molecule has 3 N–H and O–H groups in total. The van der Waals surface area contributed by atoms with Gasteiger partial charge in [-0.3, -0.25) is 10.6 Å². The van der Waals surface area contributed by atoms with Crippen LogP contribution in [0.1, 0.15) is 49.4 Å². The fourth-order valence-electron chi connectivity index (χ4n) is 3.09. The summed E-state index contributed by atoms with van der Waals surface area (Å²) in [4.78, 5) is 14.5. The maximum absolute atomic E-state index is 12.6. The molecule has 0 atom stereocenters. The van der Waals surface area contributed by atoms with E-state index >= 15 is 0 Å². The van der Waals surface area contributed by atoms with Gasteiger partial charge in [-0.2, -0.15) is 0 Å². The number of carbonyl (C=O) groups excluding carboxylic acids is 1. The summed E-state index contributed by atoms with van der Waals surface area (Å²) in [6, 6.07) is 7.76. The number of nitrogens with one attached hydrogen (secondary N) is 1. The summed E-state index contributed by atoms with van der Waals surface area (Å²) in [5.41, 5.74) is 3.94. The quantitative estimate of drug-likeness (QED) is 0.656. The highest BCUT2D eigenvalue weighted by molar-refractivity contribution is 5.99. The van der Waals surface area contributed by atoms with Gasteiger partial charge in [-0.15, -0.1) is 0 Å². The minimum atomic E-state index is 0.0542. The van der Waals surface area contributed by atoms with Crippen molar-refractivity contribution in [2.45, 2.75) is 45.1 Å². The first-order valence-corrected chi connectivity index (χ1v) is 7.50. The third-order valence-electron chi connectivity index (χ3n) is 4.57. The van der Waals surface area contributed by atoms with Crippen molar-refractivity contribution in [2.24, 2.45) is 11.8 Å². The molecule has 1 aromatic carbocycles. The van der Waals surface area contributed by atoms with Crippen molar-refractivity contribution >= 4 is 11.6 Å². The van der Waals surface area contributed by atoms with Crippen molar-refractivity contribution in [1.29, 1.82) is 0 Å². The summed E-state index contributed by atoms with van der Waals surface area (Å²) in [5.74, 6) is 6.38. The van der Waals surface area contributed by atoms with Gasteiger partial charge in [-0.1, -0.05) is 25.5 Å². The van der Waals surface area contributed by atoms with Crippen LogP contribution < -0.4 is 11.3 Å². The largest absolute Gasteiger partial charge is 0.339 e. The van der Waals surface area contributed by atoms with E-state index in [-0.39, 0.29) is 5.91 Å². The highest BCUT2D eigenvalue weighted by Crippen LogP contribution is 2.30. The number of hydrogen-bond donors (Lipinski definition) is 2. The molecule has 0 bridgehead atoms. The van der Waals surface area contributed by atoms with Crippen LogP contribution in [0, 0.1) is 5.92 Å². The van der Waals surface area contributed by atoms with Gasteiger partial charge in [0, 0.05) is 13.1 Å². The van der Waals surface area contributed by atoms with Crippen LogP contribution in [0.5, 0.6) is 0 Å². The number of anilines is 1. The molecule has 4 nitrogen and oxygen atoms in total. The minimum absolute atomic E-state index is 0.0542. The standard InChI is InChI=1S/C16H25N3O/c1-3-12-8-10-13(11-9-12)19(2)16(20)14-6-4-5-7-15(14)18-17/h4-7,12-13,18H,3,8-11,17H2,1-2H3. The Hall–Kier alpha value is -1.55.